The largest absolute Gasteiger partial charge is 0.381 e. The fraction of sp³-hybridized carbons (Fsp3) is 0.667. The van der Waals surface area contributed by atoms with Gasteiger partial charge in [-0.3, -0.25) is 0 Å². The van der Waals surface area contributed by atoms with Crippen LogP contribution in [0.25, 0.3) is 0 Å². The van der Waals surface area contributed by atoms with E-state index < -0.39 is 0 Å². The average molecular weight is 288 g/mol. The maximum absolute atomic E-state index is 5.47. The first kappa shape index (κ1) is 14.9. The Morgan fingerprint density at radius 2 is 2.14 bits per heavy atom. The first-order valence-electron chi connectivity index (χ1n) is 8.47. The Bertz CT molecular complexity index is 468. The fourth-order valence-electron chi connectivity index (χ4n) is 3.61. The van der Waals surface area contributed by atoms with Crippen molar-refractivity contribution in [3.05, 3.63) is 29.3 Å². The summed E-state index contributed by atoms with van der Waals surface area (Å²) in [6.45, 7) is 9.73. The van der Waals surface area contributed by atoms with E-state index in [9.17, 15) is 0 Å². The van der Waals surface area contributed by atoms with Gasteiger partial charge in [0.2, 0.25) is 0 Å². The van der Waals surface area contributed by atoms with Crippen LogP contribution >= 0.6 is 0 Å². The number of nitrogens with zero attached hydrogens (tertiary/aromatic N) is 1. The molecule has 0 bridgehead atoms. The van der Waals surface area contributed by atoms with Crippen molar-refractivity contribution >= 4 is 5.69 Å². The van der Waals surface area contributed by atoms with Crippen LogP contribution in [0.1, 0.15) is 43.9 Å². The highest BCUT2D eigenvalue weighted by Gasteiger charge is 2.24. The number of hydrogen-bond donors (Lipinski definition) is 1. The van der Waals surface area contributed by atoms with Crippen LogP contribution in [0.5, 0.6) is 0 Å². The van der Waals surface area contributed by atoms with Crippen molar-refractivity contribution in [3.63, 3.8) is 0 Å². The minimum Gasteiger partial charge on any atom is -0.381 e. The number of hydrogen-bond acceptors (Lipinski definition) is 3. The summed E-state index contributed by atoms with van der Waals surface area (Å²) >= 11 is 0. The number of benzene rings is 1. The van der Waals surface area contributed by atoms with Gasteiger partial charge in [0.05, 0.1) is 0 Å². The van der Waals surface area contributed by atoms with E-state index in [0.29, 0.717) is 6.04 Å². The van der Waals surface area contributed by atoms with Crippen LogP contribution in [0, 0.1) is 5.92 Å². The van der Waals surface area contributed by atoms with Crippen LogP contribution in [-0.4, -0.2) is 32.8 Å². The van der Waals surface area contributed by atoms with Gasteiger partial charge in [0.15, 0.2) is 0 Å². The van der Waals surface area contributed by atoms with Gasteiger partial charge in [-0.1, -0.05) is 19.1 Å². The van der Waals surface area contributed by atoms with E-state index in [1.54, 1.807) is 0 Å². The summed E-state index contributed by atoms with van der Waals surface area (Å²) in [6, 6.07) is 7.50. The predicted molar refractivity (Wildman–Crippen MR) is 88.0 cm³/mol. The van der Waals surface area contributed by atoms with Crippen LogP contribution < -0.4 is 10.2 Å². The molecule has 1 aromatic carbocycles. The molecule has 0 aliphatic carbocycles. The van der Waals surface area contributed by atoms with E-state index in [0.717, 1.165) is 25.7 Å². The monoisotopic (exact) mass is 288 g/mol. The number of fused-ring (bicyclic) bond motifs is 1. The van der Waals surface area contributed by atoms with E-state index in [1.807, 2.05) is 0 Å². The van der Waals surface area contributed by atoms with Crippen molar-refractivity contribution in [2.75, 3.05) is 37.7 Å². The van der Waals surface area contributed by atoms with Crippen molar-refractivity contribution < 1.29 is 4.74 Å². The first-order chi connectivity index (χ1) is 10.3. The zero-order valence-corrected chi connectivity index (χ0v) is 13.4. The molecule has 2 heterocycles. The Hall–Kier alpha value is -1.06. The minimum absolute atomic E-state index is 0.449. The summed E-state index contributed by atoms with van der Waals surface area (Å²) in [7, 11) is 0. The molecule has 3 nitrogen and oxygen atoms in total. The third-order valence-electron chi connectivity index (χ3n) is 4.93. The van der Waals surface area contributed by atoms with Gasteiger partial charge in [-0.15, -0.1) is 0 Å². The van der Waals surface area contributed by atoms with E-state index >= 15 is 0 Å². The van der Waals surface area contributed by atoms with Crippen molar-refractivity contribution in [1.29, 1.82) is 0 Å². The zero-order valence-electron chi connectivity index (χ0n) is 13.4. The predicted octanol–water partition coefficient (Wildman–Crippen LogP) is 3.15. The zero-order chi connectivity index (χ0) is 14.7. The lowest BCUT2D eigenvalue weighted by Gasteiger charge is -2.28. The van der Waals surface area contributed by atoms with Gasteiger partial charge in [-0.25, -0.2) is 0 Å². The second-order valence-corrected chi connectivity index (χ2v) is 6.42. The molecule has 0 spiro atoms. The highest BCUT2D eigenvalue weighted by Crippen LogP contribution is 2.32. The summed E-state index contributed by atoms with van der Waals surface area (Å²) in [6.07, 6.45) is 3.65. The van der Waals surface area contributed by atoms with Crippen LogP contribution in [0.3, 0.4) is 0 Å². The molecule has 1 saturated heterocycles. The van der Waals surface area contributed by atoms with E-state index in [2.05, 4.69) is 42.3 Å². The topological polar surface area (TPSA) is 24.5 Å². The standard InChI is InChI=1S/C18H28N2O/c1-3-19-14(2)16-4-5-18-17(12-16)6-9-20(18)13-15-7-10-21-11-8-15/h4-5,12,14-15,19H,3,6-11,13H2,1-2H3. The van der Waals surface area contributed by atoms with Crippen LogP contribution in [0.4, 0.5) is 5.69 Å². The Kier molecular flexibility index (Phi) is 4.81. The Morgan fingerprint density at radius 1 is 1.33 bits per heavy atom. The molecule has 1 atom stereocenters. The Balaban J connectivity index is 1.67. The first-order valence-corrected chi connectivity index (χ1v) is 8.47. The van der Waals surface area contributed by atoms with Crippen molar-refractivity contribution in [2.24, 2.45) is 5.92 Å². The summed E-state index contributed by atoms with van der Waals surface area (Å²) in [4.78, 5) is 2.59. The van der Waals surface area contributed by atoms with Crippen molar-refractivity contribution in [2.45, 2.75) is 39.2 Å². The van der Waals surface area contributed by atoms with Gasteiger partial charge in [0, 0.05) is 38.0 Å². The second kappa shape index (κ2) is 6.80. The number of ether oxygens (including phenoxy) is 1. The minimum atomic E-state index is 0.449. The lowest BCUT2D eigenvalue weighted by molar-refractivity contribution is 0.0683. The quantitative estimate of drug-likeness (QED) is 0.901. The molecule has 0 aromatic heterocycles. The van der Waals surface area contributed by atoms with E-state index in [-0.39, 0.29) is 0 Å². The van der Waals surface area contributed by atoms with Gasteiger partial charge < -0.3 is 15.0 Å². The van der Waals surface area contributed by atoms with Gasteiger partial charge in [-0.2, -0.15) is 0 Å². The molecule has 3 heteroatoms. The third kappa shape index (κ3) is 3.41. The Morgan fingerprint density at radius 3 is 2.90 bits per heavy atom. The molecule has 1 N–H and O–H groups in total. The highest BCUT2D eigenvalue weighted by molar-refractivity contribution is 5.59. The summed E-state index contributed by atoms with van der Waals surface area (Å²) < 4.78 is 5.47. The molecule has 116 valence electrons. The number of nitrogens with one attached hydrogen (secondary N) is 1. The summed E-state index contributed by atoms with van der Waals surface area (Å²) in [5, 5.41) is 3.50. The fourth-order valence-corrected chi connectivity index (χ4v) is 3.61. The molecule has 0 radical (unpaired) electrons. The van der Waals surface area contributed by atoms with Crippen molar-refractivity contribution in [1.82, 2.24) is 5.32 Å². The smallest absolute Gasteiger partial charge is 0.0469 e. The lowest BCUT2D eigenvalue weighted by Crippen LogP contribution is -2.31. The molecule has 2 aliphatic heterocycles. The molecule has 1 unspecified atom stereocenters. The van der Waals surface area contributed by atoms with Gasteiger partial charge in [0.25, 0.3) is 0 Å². The molecule has 0 amide bonds. The molecule has 3 rings (SSSR count). The highest BCUT2D eigenvalue weighted by atomic mass is 16.5. The van der Waals surface area contributed by atoms with Crippen LogP contribution in [0.15, 0.2) is 18.2 Å². The lowest BCUT2D eigenvalue weighted by atomic mass is 9.99. The number of rotatable bonds is 5. The van der Waals surface area contributed by atoms with Gasteiger partial charge in [0.1, 0.15) is 0 Å². The van der Waals surface area contributed by atoms with E-state index in [4.69, 9.17) is 4.74 Å². The molecular weight excluding hydrogens is 260 g/mol. The molecule has 1 aromatic rings. The molecule has 1 fully saturated rings. The van der Waals surface area contributed by atoms with Gasteiger partial charge >= 0.3 is 0 Å². The number of anilines is 1. The normalized spacial score (nSPS) is 20.6. The second-order valence-electron chi connectivity index (χ2n) is 6.42. The molecular formula is C18H28N2O. The molecule has 2 aliphatic rings. The summed E-state index contributed by atoms with van der Waals surface area (Å²) in [5.41, 5.74) is 4.42. The summed E-state index contributed by atoms with van der Waals surface area (Å²) in [5.74, 6) is 0.810. The average Bonchev–Trinajstić information content (AvgIpc) is 2.91. The van der Waals surface area contributed by atoms with Gasteiger partial charge in [-0.05, 0) is 55.8 Å². The van der Waals surface area contributed by atoms with Crippen LogP contribution in [-0.2, 0) is 11.2 Å². The van der Waals surface area contributed by atoms with E-state index in [1.165, 1.54) is 49.2 Å². The Labute approximate surface area is 128 Å². The maximum Gasteiger partial charge on any atom is 0.0469 e. The maximum atomic E-state index is 5.47. The van der Waals surface area contributed by atoms with Crippen LogP contribution in [0.2, 0.25) is 0 Å². The third-order valence-corrected chi connectivity index (χ3v) is 4.93. The molecule has 21 heavy (non-hydrogen) atoms. The molecule has 0 saturated carbocycles. The van der Waals surface area contributed by atoms with Crippen molar-refractivity contribution in [3.8, 4) is 0 Å². The SMILES string of the molecule is CCNC(C)c1ccc2c(c1)CCN2CC1CCOCC1.